The minimum absolute atomic E-state index is 0.545. The van der Waals surface area contributed by atoms with Crippen LogP contribution in [0.15, 0.2) is 54.9 Å². The van der Waals surface area contributed by atoms with E-state index in [0.29, 0.717) is 12.5 Å². The van der Waals surface area contributed by atoms with Crippen LogP contribution in [0.3, 0.4) is 0 Å². The third-order valence-electron chi connectivity index (χ3n) is 3.56. The van der Waals surface area contributed by atoms with Crippen LogP contribution in [-0.2, 0) is 6.61 Å². The number of aromatic amines is 1. The number of benzene rings is 1. The van der Waals surface area contributed by atoms with Crippen molar-refractivity contribution in [3.8, 4) is 17.1 Å². The average molecular weight is 293 g/mol. The molecule has 22 heavy (non-hydrogen) atoms. The minimum Gasteiger partial charge on any atom is -0.487 e. The first-order valence-corrected chi connectivity index (χ1v) is 7.40. The van der Waals surface area contributed by atoms with E-state index in [1.165, 1.54) is 5.56 Å². The molecule has 0 aliphatic heterocycles. The molecule has 2 aromatic heterocycles. The normalized spacial score (nSPS) is 10.9. The zero-order valence-corrected chi connectivity index (χ0v) is 12.8. The average Bonchev–Trinajstić information content (AvgIpc) is 3.08. The summed E-state index contributed by atoms with van der Waals surface area (Å²) in [4.78, 5) is 4.37. The Kier molecular flexibility index (Phi) is 4.19. The van der Waals surface area contributed by atoms with Gasteiger partial charge in [-0.3, -0.25) is 10.1 Å². The predicted molar refractivity (Wildman–Crippen MR) is 86.7 cm³/mol. The van der Waals surface area contributed by atoms with Crippen LogP contribution in [0, 0.1) is 0 Å². The summed E-state index contributed by atoms with van der Waals surface area (Å²) in [6.45, 7) is 4.93. The summed E-state index contributed by atoms with van der Waals surface area (Å²) in [5, 5.41) is 6.81. The fraction of sp³-hybridized carbons (Fsp3) is 0.222. The molecule has 4 heteroatoms. The molecule has 1 aromatic carbocycles. The number of H-pyrrole nitrogens is 1. The van der Waals surface area contributed by atoms with Gasteiger partial charge in [-0.25, -0.2) is 0 Å². The summed E-state index contributed by atoms with van der Waals surface area (Å²) in [6, 6.07) is 14.3. The van der Waals surface area contributed by atoms with Crippen LogP contribution in [0.25, 0.3) is 11.4 Å². The Morgan fingerprint density at radius 2 is 1.86 bits per heavy atom. The van der Waals surface area contributed by atoms with Gasteiger partial charge in [-0.15, -0.1) is 0 Å². The first kappa shape index (κ1) is 14.3. The van der Waals surface area contributed by atoms with E-state index in [4.69, 9.17) is 4.74 Å². The molecule has 112 valence electrons. The first-order chi connectivity index (χ1) is 10.7. The highest BCUT2D eigenvalue weighted by Crippen LogP contribution is 2.19. The molecule has 0 unspecified atom stereocenters. The van der Waals surface area contributed by atoms with E-state index in [-0.39, 0.29) is 0 Å². The molecule has 0 aliphatic carbocycles. The van der Waals surface area contributed by atoms with Crippen LogP contribution < -0.4 is 4.74 Å². The second-order valence-corrected chi connectivity index (χ2v) is 5.53. The molecule has 0 spiro atoms. The molecule has 2 heterocycles. The monoisotopic (exact) mass is 293 g/mol. The molecule has 0 fully saturated rings. The van der Waals surface area contributed by atoms with Gasteiger partial charge in [0.2, 0.25) is 0 Å². The second-order valence-electron chi connectivity index (χ2n) is 5.53. The summed E-state index contributed by atoms with van der Waals surface area (Å²) in [7, 11) is 0. The molecule has 0 amide bonds. The zero-order valence-electron chi connectivity index (χ0n) is 12.8. The van der Waals surface area contributed by atoms with Crippen LogP contribution in [0.1, 0.15) is 30.9 Å². The number of hydrogen-bond acceptors (Lipinski definition) is 3. The van der Waals surface area contributed by atoms with Gasteiger partial charge in [0.05, 0.1) is 17.6 Å². The van der Waals surface area contributed by atoms with Gasteiger partial charge in [-0.05, 0) is 35.2 Å². The van der Waals surface area contributed by atoms with Crippen molar-refractivity contribution in [2.45, 2.75) is 26.4 Å². The molecule has 0 radical (unpaired) electrons. The van der Waals surface area contributed by atoms with Crippen LogP contribution in [0.4, 0.5) is 0 Å². The van der Waals surface area contributed by atoms with E-state index in [1.54, 1.807) is 12.4 Å². The quantitative estimate of drug-likeness (QED) is 0.768. The summed E-state index contributed by atoms with van der Waals surface area (Å²) < 4.78 is 5.78. The van der Waals surface area contributed by atoms with Gasteiger partial charge in [-0.2, -0.15) is 5.10 Å². The summed E-state index contributed by atoms with van der Waals surface area (Å²) in [5.74, 6) is 1.31. The van der Waals surface area contributed by atoms with Crippen LogP contribution in [-0.4, -0.2) is 15.2 Å². The summed E-state index contributed by atoms with van der Waals surface area (Å²) in [5.41, 5.74) is 4.25. The predicted octanol–water partition coefficient (Wildman–Crippen LogP) is 4.17. The SMILES string of the molecule is CC(C)c1ccc(COc2ccc(-c3ccn[nH]3)nc2)cc1. The molecule has 4 nitrogen and oxygen atoms in total. The lowest BCUT2D eigenvalue weighted by atomic mass is 10.0. The Morgan fingerprint density at radius 1 is 1.05 bits per heavy atom. The minimum atomic E-state index is 0.545. The van der Waals surface area contributed by atoms with E-state index in [1.807, 2.05) is 18.2 Å². The van der Waals surface area contributed by atoms with Gasteiger partial charge >= 0.3 is 0 Å². The number of rotatable bonds is 5. The smallest absolute Gasteiger partial charge is 0.138 e. The second kappa shape index (κ2) is 6.43. The van der Waals surface area contributed by atoms with E-state index in [0.717, 1.165) is 22.7 Å². The Bertz CT molecular complexity index is 701. The first-order valence-electron chi connectivity index (χ1n) is 7.40. The molecule has 0 aliphatic rings. The topological polar surface area (TPSA) is 50.8 Å². The number of nitrogens with zero attached hydrogens (tertiary/aromatic N) is 2. The Hall–Kier alpha value is -2.62. The van der Waals surface area contributed by atoms with Crippen molar-refractivity contribution in [1.29, 1.82) is 0 Å². The standard InChI is InChI=1S/C18H19N3O/c1-13(2)15-5-3-14(4-6-15)12-22-16-7-8-17(19-11-16)18-9-10-20-21-18/h3-11,13H,12H2,1-2H3,(H,20,21). The molecule has 0 bridgehead atoms. The maximum atomic E-state index is 5.78. The van der Waals surface area contributed by atoms with E-state index in [9.17, 15) is 0 Å². The van der Waals surface area contributed by atoms with E-state index < -0.39 is 0 Å². The van der Waals surface area contributed by atoms with E-state index in [2.05, 4.69) is 53.3 Å². The van der Waals surface area contributed by atoms with Crippen molar-refractivity contribution >= 4 is 0 Å². The van der Waals surface area contributed by atoms with Gasteiger partial charge in [-0.1, -0.05) is 38.1 Å². The summed E-state index contributed by atoms with van der Waals surface area (Å²) in [6.07, 6.45) is 3.45. The van der Waals surface area contributed by atoms with Gasteiger partial charge in [0.25, 0.3) is 0 Å². The number of nitrogens with one attached hydrogen (secondary N) is 1. The lowest BCUT2D eigenvalue weighted by molar-refractivity contribution is 0.305. The van der Waals surface area contributed by atoms with Gasteiger partial charge in [0, 0.05) is 6.20 Å². The molecular formula is C18H19N3O. The Balaban J connectivity index is 1.61. The lowest BCUT2D eigenvalue weighted by Crippen LogP contribution is -1.97. The largest absolute Gasteiger partial charge is 0.487 e. The molecule has 0 saturated heterocycles. The van der Waals surface area contributed by atoms with Crippen LogP contribution >= 0.6 is 0 Å². The third kappa shape index (κ3) is 3.34. The molecule has 0 saturated carbocycles. The highest BCUT2D eigenvalue weighted by molar-refractivity contribution is 5.53. The highest BCUT2D eigenvalue weighted by atomic mass is 16.5. The number of hydrogen-bond donors (Lipinski definition) is 1. The van der Waals surface area contributed by atoms with Gasteiger partial charge < -0.3 is 4.74 Å². The fourth-order valence-corrected chi connectivity index (χ4v) is 2.19. The fourth-order valence-electron chi connectivity index (χ4n) is 2.19. The third-order valence-corrected chi connectivity index (χ3v) is 3.56. The van der Waals surface area contributed by atoms with Crippen molar-refractivity contribution in [2.24, 2.45) is 0 Å². The van der Waals surface area contributed by atoms with Gasteiger partial charge in [0.15, 0.2) is 0 Å². The molecule has 1 N–H and O–H groups in total. The molecule has 3 rings (SSSR count). The van der Waals surface area contributed by atoms with Gasteiger partial charge in [0.1, 0.15) is 12.4 Å². The number of ether oxygens (including phenoxy) is 1. The number of pyridine rings is 1. The number of aromatic nitrogens is 3. The van der Waals surface area contributed by atoms with Crippen molar-refractivity contribution in [3.63, 3.8) is 0 Å². The van der Waals surface area contributed by atoms with Crippen molar-refractivity contribution in [3.05, 3.63) is 66.0 Å². The Morgan fingerprint density at radius 3 is 2.45 bits per heavy atom. The van der Waals surface area contributed by atoms with Crippen molar-refractivity contribution < 1.29 is 4.74 Å². The van der Waals surface area contributed by atoms with Crippen molar-refractivity contribution in [1.82, 2.24) is 15.2 Å². The molecular weight excluding hydrogens is 274 g/mol. The van der Waals surface area contributed by atoms with E-state index >= 15 is 0 Å². The van der Waals surface area contributed by atoms with Crippen LogP contribution in [0.5, 0.6) is 5.75 Å². The highest BCUT2D eigenvalue weighted by Gasteiger charge is 2.02. The Labute approximate surface area is 130 Å². The van der Waals surface area contributed by atoms with Crippen molar-refractivity contribution in [2.75, 3.05) is 0 Å². The lowest BCUT2D eigenvalue weighted by Gasteiger charge is -2.09. The maximum Gasteiger partial charge on any atom is 0.138 e. The molecule has 0 atom stereocenters. The zero-order chi connectivity index (χ0) is 15.4. The maximum absolute atomic E-state index is 5.78. The summed E-state index contributed by atoms with van der Waals surface area (Å²) >= 11 is 0. The van der Waals surface area contributed by atoms with Crippen LogP contribution in [0.2, 0.25) is 0 Å². The molecule has 3 aromatic rings.